The molecule has 1 amide bonds. The van der Waals surface area contributed by atoms with Gasteiger partial charge in [0.15, 0.2) is 11.5 Å². The van der Waals surface area contributed by atoms with E-state index in [1.165, 1.54) is 0 Å². The van der Waals surface area contributed by atoms with Gasteiger partial charge in [0.2, 0.25) is 0 Å². The topological polar surface area (TPSA) is 65.4 Å². The van der Waals surface area contributed by atoms with Crippen molar-refractivity contribution in [3.63, 3.8) is 0 Å². The lowest BCUT2D eigenvalue weighted by Crippen LogP contribution is -2.33. The van der Waals surface area contributed by atoms with Gasteiger partial charge in [-0.05, 0) is 41.3 Å². The number of fused-ring (bicyclic) bond motifs is 3. The minimum absolute atomic E-state index is 0.00215. The molecule has 1 aliphatic rings. The molecule has 0 unspecified atom stereocenters. The quantitative estimate of drug-likeness (QED) is 0.654. The van der Waals surface area contributed by atoms with Crippen LogP contribution in [0.5, 0.6) is 11.5 Å². The van der Waals surface area contributed by atoms with Crippen LogP contribution in [-0.4, -0.2) is 36.2 Å². The highest BCUT2D eigenvalue weighted by Gasteiger charge is 2.29. The van der Waals surface area contributed by atoms with Crippen molar-refractivity contribution in [1.29, 1.82) is 0 Å². The Morgan fingerprint density at radius 2 is 1.93 bits per heavy atom. The third-order valence-electron chi connectivity index (χ3n) is 5.20. The number of amides is 1. The Morgan fingerprint density at radius 1 is 1.20 bits per heavy atom. The second-order valence-electron chi connectivity index (χ2n) is 8.66. The van der Waals surface area contributed by atoms with E-state index in [0.717, 1.165) is 41.2 Å². The normalized spacial score (nSPS) is 12.8. The Hall–Kier alpha value is -2.80. The largest absolute Gasteiger partial charge is 0.493 e. The molecule has 3 heterocycles. The van der Waals surface area contributed by atoms with E-state index in [4.69, 9.17) is 14.5 Å². The van der Waals surface area contributed by atoms with E-state index in [9.17, 15) is 4.79 Å². The van der Waals surface area contributed by atoms with Crippen molar-refractivity contribution >= 4 is 17.2 Å². The number of benzene rings is 1. The van der Waals surface area contributed by atoms with Gasteiger partial charge >= 0.3 is 0 Å². The fourth-order valence-electron chi connectivity index (χ4n) is 3.71. The molecule has 0 atom stereocenters. The van der Waals surface area contributed by atoms with Crippen molar-refractivity contribution in [3.05, 3.63) is 45.9 Å². The molecule has 1 aliphatic heterocycles. The Morgan fingerprint density at radius 3 is 2.57 bits per heavy atom. The molecule has 1 N–H and O–H groups in total. The van der Waals surface area contributed by atoms with Gasteiger partial charge in [-0.1, -0.05) is 20.8 Å². The molecule has 0 radical (unpaired) electrons. The highest BCUT2D eigenvalue weighted by Crippen LogP contribution is 2.39. The Labute approximate surface area is 180 Å². The van der Waals surface area contributed by atoms with Crippen LogP contribution < -0.4 is 14.8 Å². The Balaban J connectivity index is 1.87. The number of carbonyl (C=O) groups is 1. The summed E-state index contributed by atoms with van der Waals surface area (Å²) in [6.07, 6.45) is 1.54. The number of nitrogens with zero attached hydrogens (tertiary/aromatic N) is 2. The van der Waals surface area contributed by atoms with Crippen LogP contribution >= 0.6 is 11.3 Å². The van der Waals surface area contributed by atoms with E-state index in [1.807, 2.05) is 23.6 Å². The Bertz CT molecular complexity index is 1080. The molecule has 0 saturated heterocycles. The number of hydrogen-bond donors (Lipinski definition) is 1. The SMILES string of the molecule is COc1cc2c(cc1OC)-n1c(-c3ccsc3)nc(C(=O)NCC(C)(C)C)c1CC2. The lowest BCUT2D eigenvalue weighted by molar-refractivity contribution is 0.0933. The number of aromatic nitrogens is 2. The average Bonchev–Trinajstić information content (AvgIpc) is 3.38. The van der Waals surface area contributed by atoms with Crippen LogP contribution in [-0.2, 0) is 12.8 Å². The Kier molecular flexibility index (Phi) is 5.32. The van der Waals surface area contributed by atoms with Crippen LogP contribution in [0, 0.1) is 5.41 Å². The standard InChI is InChI=1S/C23H27N3O3S/c1-23(2,3)13-24-22(27)20-16-7-6-14-10-18(28-4)19(29-5)11-17(14)26(16)21(25-20)15-8-9-30-12-15/h8-12H,6-7,13H2,1-5H3,(H,24,27). The van der Waals surface area contributed by atoms with Crippen molar-refractivity contribution in [2.24, 2.45) is 5.41 Å². The van der Waals surface area contributed by atoms with Crippen molar-refractivity contribution < 1.29 is 14.3 Å². The minimum atomic E-state index is -0.126. The molecule has 30 heavy (non-hydrogen) atoms. The number of thiophene rings is 1. The summed E-state index contributed by atoms with van der Waals surface area (Å²) < 4.78 is 13.1. The van der Waals surface area contributed by atoms with E-state index >= 15 is 0 Å². The van der Waals surface area contributed by atoms with Crippen molar-refractivity contribution in [3.8, 4) is 28.6 Å². The number of aryl methyl sites for hydroxylation is 1. The third-order valence-corrected chi connectivity index (χ3v) is 5.89. The van der Waals surface area contributed by atoms with Crippen LogP contribution in [0.4, 0.5) is 0 Å². The first-order valence-electron chi connectivity index (χ1n) is 10.00. The fraction of sp³-hybridized carbons (Fsp3) is 0.391. The number of rotatable bonds is 5. The predicted molar refractivity (Wildman–Crippen MR) is 119 cm³/mol. The molecular weight excluding hydrogens is 398 g/mol. The van der Waals surface area contributed by atoms with Gasteiger partial charge in [0, 0.05) is 23.6 Å². The van der Waals surface area contributed by atoms with Crippen LogP contribution in [0.3, 0.4) is 0 Å². The second kappa shape index (κ2) is 7.80. The fourth-order valence-corrected chi connectivity index (χ4v) is 4.35. The van der Waals surface area contributed by atoms with E-state index in [2.05, 4.69) is 36.0 Å². The predicted octanol–water partition coefficient (Wildman–Crippen LogP) is 4.49. The molecule has 0 bridgehead atoms. The lowest BCUT2D eigenvalue weighted by Gasteiger charge is -2.23. The van der Waals surface area contributed by atoms with Gasteiger partial charge in [-0.2, -0.15) is 11.3 Å². The molecule has 158 valence electrons. The average molecular weight is 426 g/mol. The number of ether oxygens (including phenoxy) is 2. The van der Waals surface area contributed by atoms with Crippen LogP contribution in [0.1, 0.15) is 42.5 Å². The summed E-state index contributed by atoms with van der Waals surface area (Å²) >= 11 is 1.61. The van der Waals surface area contributed by atoms with Gasteiger partial charge in [0.05, 0.1) is 25.6 Å². The summed E-state index contributed by atoms with van der Waals surface area (Å²) in [5.41, 5.74) is 4.57. The van der Waals surface area contributed by atoms with Crippen molar-refractivity contribution in [1.82, 2.24) is 14.9 Å². The molecule has 0 spiro atoms. The van der Waals surface area contributed by atoms with E-state index in [1.54, 1.807) is 25.6 Å². The summed E-state index contributed by atoms with van der Waals surface area (Å²) in [5, 5.41) is 7.14. The maximum Gasteiger partial charge on any atom is 0.271 e. The van der Waals surface area contributed by atoms with Gasteiger partial charge < -0.3 is 14.8 Å². The molecular formula is C23H27N3O3S. The van der Waals surface area contributed by atoms with Gasteiger partial charge in [-0.15, -0.1) is 0 Å². The van der Waals surface area contributed by atoms with Gasteiger partial charge in [0.25, 0.3) is 5.91 Å². The maximum absolute atomic E-state index is 13.1. The van der Waals surface area contributed by atoms with E-state index < -0.39 is 0 Å². The number of carbonyl (C=O) groups excluding carboxylic acids is 1. The van der Waals surface area contributed by atoms with Crippen LogP contribution in [0.2, 0.25) is 0 Å². The van der Waals surface area contributed by atoms with Gasteiger partial charge in [0.1, 0.15) is 11.5 Å². The zero-order chi connectivity index (χ0) is 21.5. The summed E-state index contributed by atoms with van der Waals surface area (Å²) in [6.45, 7) is 6.89. The van der Waals surface area contributed by atoms with Crippen molar-refractivity contribution in [2.75, 3.05) is 20.8 Å². The van der Waals surface area contributed by atoms with Crippen LogP contribution in [0.25, 0.3) is 17.1 Å². The molecule has 1 aromatic carbocycles. The molecule has 6 nitrogen and oxygen atoms in total. The molecule has 0 aliphatic carbocycles. The van der Waals surface area contributed by atoms with Crippen molar-refractivity contribution in [2.45, 2.75) is 33.6 Å². The zero-order valence-corrected chi connectivity index (χ0v) is 18.9. The summed E-state index contributed by atoms with van der Waals surface area (Å²) in [4.78, 5) is 17.9. The highest BCUT2D eigenvalue weighted by molar-refractivity contribution is 7.08. The van der Waals surface area contributed by atoms with E-state index in [0.29, 0.717) is 23.7 Å². The molecule has 7 heteroatoms. The number of hydrogen-bond acceptors (Lipinski definition) is 5. The summed E-state index contributed by atoms with van der Waals surface area (Å²) in [7, 11) is 3.28. The number of imidazole rings is 1. The molecule has 4 rings (SSSR count). The summed E-state index contributed by atoms with van der Waals surface area (Å²) in [5.74, 6) is 2.02. The zero-order valence-electron chi connectivity index (χ0n) is 18.0. The molecule has 2 aromatic heterocycles. The second-order valence-corrected chi connectivity index (χ2v) is 9.44. The number of methoxy groups -OCH3 is 2. The lowest BCUT2D eigenvalue weighted by atomic mass is 9.96. The van der Waals surface area contributed by atoms with Gasteiger partial charge in [-0.3, -0.25) is 9.36 Å². The molecule has 3 aromatic rings. The van der Waals surface area contributed by atoms with Gasteiger partial charge in [-0.25, -0.2) is 4.98 Å². The minimum Gasteiger partial charge on any atom is -0.493 e. The third kappa shape index (κ3) is 3.69. The van der Waals surface area contributed by atoms with Crippen LogP contribution in [0.15, 0.2) is 29.0 Å². The molecule has 0 saturated carbocycles. The molecule has 0 fully saturated rings. The highest BCUT2D eigenvalue weighted by atomic mass is 32.1. The first-order valence-corrected chi connectivity index (χ1v) is 10.9. The van der Waals surface area contributed by atoms with E-state index in [-0.39, 0.29) is 11.3 Å². The smallest absolute Gasteiger partial charge is 0.271 e. The summed E-state index contributed by atoms with van der Waals surface area (Å²) in [6, 6.07) is 6.03. The first kappa shape index (κ1) is 20.5. The first-order chi connectivity index (χ1) is 14.3. The number of nitrogens with one attached hydrogen (secondary N) is 1. The maximum atomic E-state index is 13.1. The monoisotopic (exact) mass is 425 g/mol.